The molecule has 1 unspecified atom stereocenters. The molecule has 1 aromatic carbocycles. The van der Waals surface area contributed by atoms with Gasteiger partial charge in [0.25, 0.3) is 0 Å². The molecule has 0 heterocycles. The van der Waals surface area contributed by atoms with Crippen LogP contribution in [-0.4, -0.2) is 35.6 Å². The van der Waals surface area contributed by atoms with Gasteiger partial charge in [-0.1, -0.05) is 6.07 Å². The predicted octanol–water partition coefficient (Wildman–Crippen LogP) is -2.82. The molecule has 0 fully saturated rings. The third-order valence-corrected chi connectivity index (χ3v) is 4.23. The summed E-state index contributed by atoms with van der Waals surface area (Å²) >= 11 is -2.42. The quantitative estimate of drug-likeness (QED) is 0.439. The van der Waals surface area contributed by atoms with Crippen LogP contribution < -0.4 is 29.6 Å². The van der Waals surface area contributed by atoms with Crippen molar-refractivity contribution in [3.63, 3.8) is 0 Å². The third kappa shape index (κ3) is 3.63. The van der Waals surface area contributed by atoms with Gasteiger partial charge >= 0.3 is 29.6 Å². The number of nitrogens with zero attached hydrogens (tertiary/aromatic N) is 1. The van der Waals surface area contributed by atoms with E-state index in [2.05, 4.69) is 0 Å². The van der Waals surface area contributed by atoms with Gasteiger partial charge in [-0.2, -0.15) is 0 Å². The summed E-state index contributed by atoms with van der Waals surface area (Å²) in [7, 11) is -0.803. The first kappa shape index (κ1) is 16.2. The van der Waals surface area contributed by atoms with Crippen molar-refractivity contribution in [3.05, 3.63) is 24.3 Å². The molecule has 0 spiro atoms. The number of hydrogen-bond donors (Lipinski definition) is 0. The first-order valence-corrected chi connectivity index (χ1v) is 6.49. The van der Waals surface area contributed by atoms with Gasteiger partial charge in [0.15, 0.2) is 0 Å². The Morgan fingerprint density at radius 2 is 1.88 bits per heavy atom. The van der Waals surface area contributed by atoms with E-state index in [0.29, 0.717) is 0 Å². The maximum atomic E-state index is 11.6. The van der Waals surface area contributed by atoms with Crippen LogP contribution in [0.25, 0.3) is 0 Å². The molecule has 0 amide bonds. The van der Waals surface area contributed by atoms with Crippen LogP contribution in [0.5, 0.6) is 0 Å². The van der Waals surface area contributed by atoms with Crippen molar-refractivity contribution in [2.45, 2.75) is 9.79 Å². The minimum atomic E-state index is -3.57. The molecule has 0 N–H and O–H groups in total. The molecular weight excluding hydrogens is 261 g/mol. The summed E-state index contributed by atoms with van der Waals surface area (Å²) in [5.74, 6) is 0. The predicted molar refractivity (Wildman–Crippen MR) is 54.5 cm³/mol. The van der Waals surface area contributed by atoms with E-state index in [9.17, 15) is 17.2 Å². The van der Waals surface area contributed by atoms with Crippen molar-refractivity contribution < 1.29 is 46.7 Å². The zero-order chi connectivity index (χ0) is 11.6. The smallest absolute Gasteiger partial charge is 0.768 e. The van der Waals surface area contributed by atoms with Crippen LogP contribution in [0, 0.1) is 0 Å². The van der Waals surface area contributed by atoms with Crippen molar-refractivity contribution in [1.29, 1.82) is 0 Å². The van der Waals surface area contributed by atoms with Crippen LogP contribution in [0.15, 0.2) is 34.1 Å². The van der Waals surface area contributed by atoms with Gasteiger partial charge in [0, 0.05) is 19.0 Å². The second-order valence-electron chi connectivity index (χ2n) is 3.00. The fourth-order valence-electron chi connectivity index (χ4n) is 0.949. The second-order valence-corrected chi connectivity index (χ2v) is 6.09. The Morgan fingerprint density at radius 1 is 1.31 bits per heavy atom. The summed E-state index contributed by atoms with van der Waals surface area (Å²) in [6.45, 7) is 0. The van der Waals surface area contributed by atoms with Crippen molar-refractivity contribution in [2.24, 2.45) is 0 Å². The molecule has 0 aliphatic carbocycles. The first-order chi connectivity index (χ1) is 6.85. The molecular formula is C8H10NNaO4S2. The van der Waals surface area contributed by atoms with Gasteiger partial charge in [-0.15, -0.1) is 0 Å². The fraction of sp³-hybridized carbons (Fsp3) is 0.250. The van der Waals surface area contributed by atoms with E-state index < -0.39 is 21.1 Å². The molecule has 0 radical (unpaired) electrons. The van der Waals surface area contributed by atoms with Crippen LogP contribution in [-0.2, 0) is 21.1 Å². The minimum absolute atomic E-state index is 0. The number of rotatable bonds is 3. The molecule has 16 heavy (non-hydrogen) atoms. The molecule has 8 heteroatoms. The average molecular weight is 271 g/mol. The van der Waals surface area contributed by atoms with E-state index in [1.54, 1.807) is 0 Å². The molecule has 0 aliphatic heterocycles. The molecule has 0 bridgehead atoms. The summed E-state index contributed by atoms with van der Waals surface area (Å²) in [4.78, 5) is -0.0767. The molecule has 1 rings (SSSR count). The van der Waals surface area contributed by atoms with E-state index in [1.807, 2.05) is 0 Å². The topological polar surface area (TPSA) is 77.5 Å². The van der Waals surface area contributed by atoms with Crippen molar-refractivity contribution in [2.75, 3.05) is 14.1 Å². The van der Waals surface area contributed by atoms with Crippen LogP contribution >= 0.6 is 0 Å². The monoisotopic (exact) mass is 271 g/mol. The van der Waals surface area contributed by atoms with Gasteiger partial charge < -0.3 is 4.55 Å². The molecule has 84 valence electrons. The summed E-state index contributed by atoms with van der Waals surface area (Å²) < 4.78 is 45.6. The van der Waals surface area contributed by atoms with E-state index >= 15 is 0 Å². The van der Waals surface area contributed by atoms with Crippen molar-refractivity contribution in [3.8, 4) is 0 Å². The molecule has 0 saturated heterocycles. The number of sulfonamides is 1. The van der Waals surface area contributed by atoms with Crippen molar-refractivity contribution in [1.82, 2.24) is 4.31 Å². The van der Waals surface area contributed by atoms with Gasteiger partial charge in [-0.05, 0) is 29.3 Å². The Bertz CT molecular complexity index is 487. The average Bonchev–Trinajstić information content (AvgIpc) is 2.17. The molecule has 1 atom stereocenters. The minimum Gasteiger partial charge on any atom is -0.768 e. The van der Waals surface area contributed by atoms with E-state index in [0.717, 1.165) is 10.4 Å². The van der Waals surface area contributed by atoms with E-state index in [4.69, 9.17) is 0 Å². The van der Waals surface area contributed by atoms with Gasteiger partial charge in [-0.25, -0.2) is 12.7 Å². The Kier molecular flexibility index (Phi) is 6.34. The van der Waals surface area contributed by atoms with Gasteiger partial charge in [0.1, 0.15) is 0 Å². The molecule has 0 aliphatic rings. The molecule has 0 saturated carbocycles. The summed E-state index contributed by atoms with van der Waals surface area (Å²) in [5, 5.41) is 0. The second kappa shape index (κ2) is 6.25. The zero-order valence-electron chi connectivity index (χ0n) is 9.21. The van der Waals surface area contributed by atoms with Crippen molar-refractivity contribution >= 4 is 21.1 Å². The van der Waals surface area contributed by atoms with Gasteiger partial charge in [-0.3, -0.25) is 4.21 Å². The number of hydrogen-bond acceptors (Lipinski definition) is 4. The molecule has 5 nitrogen and oxygen atoms in total. The Hall–Kier alpha value is 0.240. The molecule has 1 aromatic rings. The maximum absolute atomic E-state index is 11.6. The van der Waals surface area contributed by atoms with E-state index in [1.165, 1.54) is 32.3 Å². The Balaban J connectivity index is 0.00000225. The number of benzene rings is 1. The standard InChI is InChI=1S/C8H11NO4S2.Na/c1-9(2)15(12,13)8-5-3-4-7(6-8)14(10)11;/h3-6H,1-2H3,(H,10,11);/q;+1/p-1. The summed E-state index contributed by atoms with van der Waals surface area (Å²) in [6.07, 6.45) is 0. The van der Waals surface area contributed by atoms with Crippen LogP contribution in [0.1, 0.15) is 0 Å². The Morgan fingerprint density at radius 3 is 2.31 bits per heavy atom. The van der Waals surface area contributed by atoms with Crippen LogP contribution in [0.3, 0.4) is 0 Å². The first-order valence-electron chi connectivity index (χ1n) is 3.97. The summed E-state index contributed by atoms with van der Waals surface area (Å²) in [6, 6.07) is 5.20. The van der Waals surface area contributed by atoms with Gasteiger partial charge in [0.2, 0.25) is 10.0 Å². The van der Waals surface area contributed by atoms with Crippen LogP contribution in [0.4, 0.5) is 0 Å². The fourth-order valence-corrected chi connectivity index (χ4v) is 2.38. The SMILES string of the molecule is CN(C)S(=O)(=O)c1cccc(S(=O)[O-])c1.[Na+]. The van der Waals surface area contributed by atoms with E-state index in [-0.39, 0.29) is 39.3 Å². The largest absolute Gasteiger partial charge is 1.00 e. The third-order valence-electron chi connectivity index (χ3n) is 1.78. The zero-order valence-corrected chi connectivity index (χ0v) is 12.8. The normalized spacial score (nSPS) is 13.2. The van der Waals surface area contributed by atoms with Crippen LogP contribution in [0.2, 0.25) is 0 Å². The van der Waals surface area contributed by atoms with Gasteiger partial charge in [0.05, 0.1) is 4.90 Å². The molecule has 0 aromatic heterocycles. The Labute approximate surface area is 119 Å². The summed E-state index contributed by atoms with van der Waals surface area (Å²) in [5.41, 5.74) is 0. The maximum Gasteiger partial charge on any atom is 1.00 e.